The smallest absolute Gasteiger partial charge is 0.314 e. The van der Waals surface area contributed by atoms with Crippen LogP contribution in [0.4, 0.5) is 13.2 Å². The highest BCUT2D eigenvalue weighted by Crippen LogP contribution is 2.35. The molecule has 1 heterocycles. The number of hydrogen-bond acceptors (Lipinski definition) is 2. The van der Waals surface area contributed by atoms with Crippen molar-refractivity contribution in [3.8, 4) is 0 Å². The summed E-state index contributed by atoms with van der Waals surface area (Å²) in [5.41, 5.74) is 0.143. The van der Waals surface area contributed by atoms with Crippen molar-refractivity contribution in [2.24, 2.45) is 11.3 Å². The van der Waals surface area contributed by atoms with Gasteiger partial charge in [0, 0.05) is 19.1 Å². The van der Waals surface area contributed by atoms with Crippen molar-refractivity contribution in [3.05, 3.63) is 0 Å². The first-order valence-electron chi connectivity index (χ1n) is 8.19. The zero-order valence-corrected chi connectivity index (χ0v) is 13.9. The lowest BCUT2D eigenvalue weighted by molar-refractivity contribution is -0.185. The monoisotopic (exact) mass is 308 g/mol. The molecule has 21 heavy (non-hydrogen) atoms. The molecule has 1 N–H and O–H groups in total. The molecule has 2 nitrogen and oxygen atoms in total. The molecule has 0 radical (unpaired) electrons. The molecule has 1 aliphatic heterocycles. The number of piperidine rings is 1. The van der Waals surface area contributed by atoms with Crippen LogP contribution in [0.15, 0.2) is 0 Å². The third-order valence-corrected chi connectivity index (χ3v) is 4.45. The molecular weight excluding hydrogens is 277 g/mol. The van der Waals surface area contributed by atoms with Crippen LogP contribution in [0.25, 0.3) is 0 Å². The zero-order valence-electron chi connectivity index (χ0n) is 13.9. The molecule has 1 rings (SSSR count). The number of likely N-dealkylation sites (tertiary alicyclic amines) is 1. The van der Waals surface area contributed by atoms with Crippen molar-refractivity contribution < 1.29 is 13.2 Å². The average Bonchev–Trinajstić information content (AvgIpc) is 2.36. The van der Waals surface area contributed by atoms with Gasteiger partial charge in [0.05, 0.1) is 5.92 Å². The highest BCUT2D eigenvalue weighted by Gasteiger charge is 2.41. The van der Waals surface area contributed by atoms with E-state index < -0.39 is 12.1 Å². The lowest BCUT2D eigenvalue weighted by Crippen LogP contribution is -2.47. The Bertz CT molecular complexity index is 296. The van der Waals surface area contributed by atoms with E-state index in [0.717, 1.165) is 25.9 Å². The Kier molecular flexibility index (Phi) is 6.98. The molecule has 0 aromatic heterocycles. The summed E-state index contributed by atoms with van der Waals surface area (Å²) in [6.07, 6.45) is -1.30. The third-order valence-electron chi connectivity index (χ3n) is 4.45. The standard InChI is InChI=1S/C16H31F3N2/c1-5-8-15(4,11-20-13(2)3)12-21-9-6-14(7-10-21)16(17,18)19/h13-14,20H,5-12H2,1-4H3. The molecule has 0 saturated carbocycles. The minimum atomic E-state index is -4.02. The van der Waals surface area contributed by atoms with Crippen LogP contribution < -0.4 is 5.32 Å². The molecule has 1 saturated heterocycles. The lowest BCUT2D eigenvalue weighted by Gasteiger charge is -2.40. The van der Waals surface area contributed by atoms with Gasteiger partial charge in [-0.15, -0.1) is 0 Å². The average molecular weight is 308 g/mol. The number of nitrogens with zero attached hydrogens (tertiary/aromatic N) is 1. The van der Waals surface area contributed by atoms with Gasteiger partial charge in [-0.25, -0.2) is 0 Å². The fourth-order valence-electron chi connectivity index (χ4n) is 3.24. The second kappa shape index (κ2) is 7.82. The summed E-state index contributed by atoms with van der Waals surface area (Å²) < 4.78 is 38.1. The van der Waals surface area contributed by atoms with Crippen LogP contribution >= 0.6 is 0 Å². The second-order valence-corrected chi connectivity index (χ2v) is 7.19. The lowest BCUT2D eigenvalue weighted by atomic mass is 9.83. The van der Waals surface area contributed by atoms with E-state index in [2.05, 4.69) is 37.9 Å². The van der Waals surface area contributed by atoms with Crippen LogP contribution in [0.3, 0.4) is 0 Å². The van der Waals surface area contributed by atoms with Gasteiger partial charge >= 0.3 is 6.18 Å². The molecule has 1 aliphatic rings. The van der Waals surface area contributed by atoms with Crippen molar-refractivity contribution in [2.75, 3.05) is 26.2 Å². The maximum absolute atomic E-state index is 12.7. The topological polar surface area (TPSA) is 15.3 Å². The van der Waals surface area contributed by atoms with E-state index in [1.165, 1.54) is 0 Å². The van der Waals surface area contributed by atoms with Gasteiger partial charge in [0.25, 0.3) is 0 Å². The van der Waals surface area contributed by atoms with Crippen LogP contribution in [0.5, 0.6) is 0 Å². The molecule has 126 valence electrons. The van der Waals surface area contributed by atoms with E-state index in [4.69, 9.17) is 0 Å². The van der Waals surface area contributed by atoms with Gasteiger partial charge in [-0.3, -0.25) is 0 Å². The Labute approximate surface area is 127 Å². The molecule has 0 spiro atoms. The Balaban J connectivity index is 2.49. The highest BCUT2D eigenvalue weighted by atomic mass is 19.4. The summed E-state index contributed by atoms with van der Waals surface area (Å²) in [4.78, 5) is 2.22. The summed E-state index contributed by atoms with van der Waals surface area (Å²) >= 11 is 0. The summed E-state index contributed by atoms with van der Waals surface area (Å²) in [6, 6.07) is 0.442. The Morgan fingerprint density at radius 3 is 2.19 bits per heavy atom. The SMILES string of the molecule is CCCC(C)(CNC(C)C)CN1CCC(C(F)(F)F)CC1. The van der Waals surface area contributed by atoms with Crippen LogP contribution in [0, 0.1) is 11.3 Å². The number of halogens is 3. The molecule has 0 aromatic carbocycles. The molecule has 0 amide bonds. The largest absolute Gasteiger partial charge is 0.391 e. The first-order valence-corrected chi connectivity index (χ1v) is 8.19. The first kappa shape index (κ1) is 18.8. The van der Waals surface area contributed by atoms with Crippen molar-refractivity contribution >= 4 is 0 Å². The number of hydrogen-bond donors (Lipinski definition) is 1. The summed E-state index contributed by atoms with van der Waals surface area (Å²) in [5, 5.41) is 3.49. The van der Waals surface area contributed by atoms with Crippen LogP contribution in [0.2, 0.25) is 0 Å². The van der Waals surface area contributed by atoms with Crippen molar-refractivity contribution in [2.45, 2.75) is 65.6 Å². The molecular formula is C16H31F3N2. The van der Waals surface area contributed by atoms with Crippen molar-refractivity contribution in [1.29, 1.82) is 0 Å². The molecule has 1 fully saturated rings. The van der Waals surface area contributed by atoms with E-state index in [9.17, 15) is 13.2 Å². The number of rotatable bonds is 7. The molecule has 1 unspecified atom stereocenters. The van der Waals surface area contributed by atoms with E-state index >= 15 is 0 Å². The van der Waals surface area contributed by atoms with E-state index in [1.54, 1.807) is 0 Å². The van der Waals surface area contributed by atoms with Gasteiger partial charge in [0.15, 0.2) is 0 Å². The number of nitrogens with one attached hydrogen (secondary N) is 1. The summed E-state index contributed by atoms with van der Waals surface area (Å²) in [5.74, 6) is -1.10. The maximum Gasteiger partial charge on any atom is 0.391 e. The second-order valence-electron chi connectivity index (χ2n) is 7.19. The molecule has 1 atom stereocenters. The van der Waals surface area contributed by atoms with Crippen LogP contribution in [-0.4, -0.2) is 43.3 Å². The van der Waals surface area contributed by atoms with Crippen LogP contribution in [0.1, 0.15) is 53.4 Å². The molecule has 0 aliphatic carbocycles. The maximum atomic E-state index is 12.7. The van der Waals surface area contributed by atoms with Gasteiger partial charge in [-0.1, -0.05) is 34.1 Å². The minimum absolute atomic E-state index is 0.143. The summed E-state index contributed by atoms with van der Waals surface area (Å²) in [6.45, 7) is 11.6. The van der Waals surface area contributed by atoms with Crippen molar-refractivity contribution in [1.82, 2.24) is 10.2 Å². The van der Waals surface area contributed by atoms with E-state index in [0.29, 0.717) is 19.1 Å². The Hall–Kier alpha value is -0.290. The fraction of sp³-hybridized carbons (Fsp3) is 1.00. The summed E-state index contributed by atoms with van der Waals surface area (Å²) in [7, 11) is 0. The van der Waals surface area contributed by atoms with Gasteiger partial charge in [0.1, 0.15) is 0 Å². The van der Waals surface area contributed by atoms with Crippen LogP contribution in [-0.2, 0) is 0 Å². The predicted octanol–water partition coefficient (Wildman–Crippen LogP) is 4.07. The Morgan fingerprint density at radius 1 is 1.19 bits per heavy atom. The van der Waals surface area contributed by atoms with Gasteiger partial charge < -0.3 is 10.2 Å². The Morgan fingerprint density at radius 2 is 1.76 bits per heavy atom. The van der Waals surface area contributed by atoms with E-state index in [1.807, 2.05) is 0 Å². The quantitative estimate of drug-likeness (QED) is 0.763. The van der Waals surface area contributed by atoms with Gasteiger partial charge in [0.2, 0.25) is 0 Å². The third kappa shape index (κ3) is 6.55. The van der Waals surface area contributed by atoms with Gasteiger partial charge in [-0.2, -0.15) is 13.2 Å². The highest BCUT2D eigenvalue weighted by molar-refractivity contribution is 4.85. The fourth-order valence-corrected chi connectivity index (χ4v) is 3.24. The molecule has 0 aromatic rings. The van der Waals surface area contributed by atoms with E-state index in [-0.39, 0.29) is 18.3 Å². The molecule has 5 heteroatoms. The predicted molar refractivity (Wildman–Crippen MR) is 81.4 cm³/mol. The molecule has 0 bridgehead atoms. The first-order chi connectivity index (χ1) is 9.66. The zero-order chi connectivity index (χ0) is 16.1. The van der Waals surface area contributed by atoms with Crippen molar-refractivity contribution in [3.63, 3.8) is 0 Å². The normalized spacial score (nSPS) is 21.7. The minimum Gasteiger partial charge on any atom is -0.314 e. The van der Waals surface area contributed by atoms with Gasteiger partial charge in [-0.05, 0) is 37.8 Å². The number of alkyl halides is 3.